The summed E-state index contributed by atoms with van der Waals surface area (Å²) in [6.45, 7) is 14.8. The Labute approximate surface area is 172 Å². The SMILES string of the molecule is C[C@H](CO)[C@@]12CC[C@@H](C)[C@@](C)([C@H](O)CC#C[Si](C)(C)C)[C@@H]1C1(CC2)OCCO1. The second-order valence-electron chi connectivity index (χ2n) is 10.8. The third-order valence-corrected chi connectivity index (χ3v) is 9.12. The first-order valence-corrected chi connectivity index (χ1v) is 14.6. The highest BCUT2D eigenvalue weighted by atomic mass is 28.3. The van der Waals surface area contributed by atoms with Crippen LogP contribution in [0.25, 0.3) is 0 Å². The largest absolute Gasteiger partial charge is 0.396 e. The molecule has 0 bridgehead atoms. The summed E-state index contributed by atoms with van der Waals surface area (Å²) in [6.07, 6.45) is 3.96. The van der Waals surface area contributed by atoms with E-state index in [1.807, 2.05) is 0 Å². The van der Waals surface area contributed by atoms with Crippen LogP contribution in [0.5, 0.6) is 0 Å². The normalized spacial score (nSPS) is 39.3. The maximum Gasteiger partial charge on any atom is 0.172 e. The van der Waals surface area contributed by atoms with Crippen molar-refractivity contribution in [3.8, 4) is 11.5 Å². The Morgan fingerprint density at radius 1 is 1.14 bits per heavy atom. The van der Waals surface area contributed by atoms with Crippen molar-refractivity contribution in [2.45, 2.75) is 84.4 Å². The van der Waals surface area contributed by atoms with Crippen LogP contribution in [0.1, 0.15) is 52.9 Å². The summed E-state index contributed by atoms with van der Waals surface area (Å²) in [5.74, 6) is 3.29. The van der Waals surface area contributed by atoms with Crippen LogP contribution in [-0.4, -0.2) is 50.0 Å². The molecule has 0 radical (unpaired) electrons. The van der Waals surface area contributed by atoms with Crippen LogP contribution in [0.2, 0.25) is 19.6 Å². The molecule has 28 heavy (non-hydrogen) atoms. The Morgan fingerprint density at radius 2 is 1.79 bits per heavy atom. The number of hydrogen-bond donors (Lipinski definition) is 2. The molecule has 1 heterocycles. The highest BCUT2D eigenvalue weighted by Gasteiger charge is 2.70. The molecular weight excluding hydrogens is 368 g/mol. The molecule has 6 atom stereocenters. The van der Waals surface area contributed by atoms with Gasteiger partial charge in [-0.2, -0.15) is 0 Å². The number of aliphatic hydroxyl groups excluding tert-OH is 2. The molecular formula is C23H40O4Si. The fourth-order valence-corrected chi connectivity index (χ4v) is 7.10. The number of fused-ring (bicyclic) bond motifs is 2. The van der Waals surface area contributed by atoms with Crippen LogP contribution >= 0.6 is 0 Å². The molecule has 2 saturated carbocycles. The van der Waals surface area contributed by atoms with Crippen LogP contribution in [0.3, 0.4) is 0 Å². The minimum absolute atomic E-state index is 0.0481. The van der Waals surface area contributed by atoms with Crippen LogP contribution in [-0.2, 0) is 9.47 Å². The second-order valence-corrected chi connectivity index (χ2v) is 15.6. The lowest BCUT2D eigenvalue weighted by molar-refractivity contribution is -0.266. The van der Waals surface area contributed by atoms with Crippen molar-refractivity contribution in [1.29, 1.82) is 0 Å². The molecule has 0 amide bonds. The Hall–Kier alpha value is -0.383. The lowest BCUT2D eigenvalue weighted by atomic mass is 9.47. The zero-order chi connectivity index (χ0) is 20.8. The summed E-state index contributed by atoms with van der Waals surface area (Å²) >= 11 is 0. The monoisotopic (exact) mass is 408 g/mol. The number of aliphatic hydroxyl groups is 2. The highest BCUT2D eigenvalue weighted by Crippen LogP contribution is 2.70. The third kappa shape index (κ3) is 3.50. The molecule has 3 fully saturated rings. The number of rotatable bonds is 4. The average Bonchev–Trinajstić information content (AvgIpc) is 3.23. The van der Waals surface area contributed by atoms with Gasteiger partial charge in [0.25, 0.3) is 0 Å². The fraction of sp³-hybridized carbons (Fsp3) is 0.913. The van der Waals surface area contributed by atoms with E-state index in [9.17, 15) is 10.2 Å². The van der Waals surface area contributed by atoms with Gasteiger partial charge in [0, 0.05) is 30.8 Å². The van der Waals surface area contributed by atoms with Crippen molar-refractivity contribution in [1.82, 2.24) is 0 Å². The molecule has 3 rings (SSSR count). The van der Waals surface area contributed by atoms with Gasteiger partial charge in [-0.3, -0.25) is 0 Å². The van der Waals surface area contributed by atoms with Gasteiger partial charge in [0.15, 0.2) is 5.79 Å². The van der Waals surface area contributed by atoms with Gasteiger partial charge < -0.3 is 19.7 Å². The van der Waals surface area contributed by atoms with Crippen LogP contribution in [0.4, 0.5) is 0 Å². The van der Waals surface area contributed by atoms with E-state index in [-0.39, 0.29) is 29.3 Å². The molecule has 0 aromatic heterocycles. The lowest BCUT2D eigenvalue weighted by Crippen LogP contribution is -2.61. The lowest BCUT2D eigenvalue weighted by Gasteiger charge is -2.60. The maximum absolute atomic E-state index is 11.5. The molecule has 1 aliphatic heterocycles. The van der Waals surface area contributed by atoms with Gasteiger partial charge in [0.1, 0.15) is 8.07 Å². The predicted molar refractivity (Wildman–Crippen MR) is 114 cm³/mol. The predicted octanol–water partition coefficient (Wildman–Crippen LogP) is 3.82. The molecule has 0 aromatic rings. The van der Waals surface area contributed by atoms with Crippen molar-refractivity contribution in [3.05, 3.63) is 0 Å². The van der Waals surface area contributed by atoms with Crippen LogP contribution in [0, 0.1) is 40.0 Å². The van der Waals surface area contributed by atoms with E-state index in [2.05, 4.69) is 51.9 Å². The maximum atomic E-state index is 11.5. The molecule has 1 saturated heterocycles. The minimum Gasteiger partial charge on any atom is -0.396 e. The number of hydrogen-bond acceptors (Lipinski definition) is 4. The number of ether oxygens (including phenoxy) is 2. The molecule has 3 aliphatic rings. The Balaban J connectivity index is 2.02. The molecule has 2 N–H and O–H groups in total. The van der Waals surface area contributed by atoms with E-state index in [1.165, 1.54) is 0 Å². The highest BCUT2D eigenvalue weighted by molar-refractivity contribution is 6.83. The summed E-state index contributed by atoms with van der Waals surface area (Å²) in [5, 5.41) is 21.6. The quantitative estimate of drug-likeness (QED) is 0.548. The van der Waals surface area contributed by atoms with Gasteiger partial charge >= 0.3 is 0 Å². The summed E-state index contributed by atoms with van der Waals surface area (Å²) in [6, 6.07) is 0. The summed E-state index contributed by atoms with van der Waals surface area (Å²) in [4.78, 5) is 0. The summed E-state index contributed by atoms with van der Waals surface area (Å²) in [5.41, 5.74) is 3.02. The first-order chi connectivity index (χ1) is 13.0. The average molecular weight is 409 g/mol. The molecule has 0 aromatic carbocycles. The van der Waals surface area contributed by atoms with E-state index < -0.39 is 20.0 Å². The van der Waals surface area contributed by atoms with Crippen molar-refractivity contribution >= 4 is 8.07 Å². The molecule has 2 aliphatic carbocycles. The first kappa shape index (κ1) is 22.3. The van der Waals surface area contributed by atoms with Crippen molar-refractivity contribution in [2.75, 3.05) is 19.8 Å². The molecule has 5 heteroatoms. The van der Waals surface area contributed by atoms with Gasteiger partial charge in [0.05, 0.1) is 19.3 Å². The Bertz CT molecular complexity index is 627. The van der Waals surface area contributed by atoms with Crippen molar-refractivity contribution in [2.24, 2.45) is 28.6 Å². The van der Waals surface area contributed by atoms with Crippen LogP contribution in [0.15, 0.2) is 0 Å². The van der Waals surface area contributed by atoms with Crippen LogP contribution < -0.4 is 0 Å². The zero-order valence-electron chi connectivity index (χ0n) is 18.7. The van der Waals surface area contributed by atoms with E-state index in [4.69, 9.17) is 9.47 Å². The van der Waals surface area contributed by atoms with Gasteiger partial charge in [-0.15, -0.1) is 11.5 Å². The standard InChI is InChI=1S/C23H40O4Si/c1-17-9-10-22(18(2)16-24)11-12-23(26-13-14-27-23)20(22)21(17,3)19(25)8-7-15-28(4,5)6/h17-20,24-25H,8-14,16H2,1-6H3/t17-,18-,19-,20+,21+,22+/m1/s1. The third-order valence-electron chi connectivity index (χ3n) is 8.19. The first-order valence-electron chi connectivity index (χ1n) is 11.1. The Morgan fingerprint density at radius 3 is 2.36 bits per heavy atom. The van der Waals surface area contributed by atoms with E-state index in [1.54, 1.807) is 0 Å². The van der Waals surface area contributed by atoms with Crippen molar-refractivity contribution in [3.63, 3.8) is 0 Å². The van der Waals surface area contributed by atoms with Gasteiger partial charge in [-0.05, 0) is 36.5 Å². The smallest absolute Gasteiger partial charge is 0.172 e. The van der Waals surface area contributed by atoms with Gasteiger partial charge in [-0.1, -0.05) is 40.4 Å². The van der Waals surface area contributed by atoms with Crippen molar-refractivity contribution < 1.29 is 19.7 Å². The zero-order valence-corrected chi connectivity index (χ0v) is 19.7. The molecule has 1 spiro atoms. The summed E-state index contributed by atoms with van der Waals surface area (Å²) in [7, 11) is -1.47. The second kappa shape index (κ2) is 7.70. The Kier molecular flexibility index (Phi) is 6.14. The topological polar surface area (TPSA) is 58.9 Å². The molecule has 160 valence electrons. The molecule has 4 nitrogen and oxygen atoms in total. The summed E-state index contributed by atoms with van der Waals surface area (Å²) < 4.78 is 12.6. The van der Waals surface area contributed by atoms with Gasteiger partial charge in [-0.25, -0.2) is 0 Å². The van der Waals surface area contributed by atoms with E-state index >= 15 is 0 Å². The molecule has 0 unspecified atom stereocenters. The van der Waals surface area contributed by atoms with E-state index in [0.29, 0.717) is 25.6 Å². The van der Waals surface area contributed by atoms with Gasteiger partial charge in [0.2, 0.25) is 0 Å². The fourth-order valence-electron chi connectivity index (χ4n) is 6.47. The minimum atomic E-state index is -1.47. The van der Waals surface area contributed by atoms with E-state index in [0.717, 1.165) is 25.7 Å².